The van der Waals surface area contributed by atoms with E-state index in [1.807, 2.05) is 6.08 Å². The van der Waals surface area contributed by atoms with Crippen LogP contribution in [-0.4, -0.2) is 34.9 Å². The molecule has 3 N–H and O–H groups in total. The summed E-state index contributed by atoms with van der Waals surface area (Å²) in [6.45, 7) is 4.31. The predicted molar refractivity (Wildman–Crippen MR) is 276 cm³/mol. The van der Waals surface area contributed by atoms with Gasteiger partial charge < -0.3 is 15.5 Å². The van der Waals surface area contributed by atoms with Crippen LogP contribution in [0.4, 0.5) is 0 Å². The number of hydrogen-bond donors (Lipinski definition) is 3. The third-order valence-corrected chi connectivity index (χ3v) is 12.8. The van der Waals surface area contributed by atoms with Gasteiger partial charge in [0, 0.05) is 6.42 Å². The number of aliphatic hydroxyl groups excluding tert-OH is 2. The van der Waals surface area contributed by atoms with Crippen LogP contribution in [-0.2, 0) is 4.79 Å². The van der Waals surface area contributed by atoms with Crippen LogP contribution in [0.3, 0.4) is 0 Å². The molecular formula is C58H109NO3. The lowest BCUT2D eigenvalue weighted by atomic mass is 10.0. The summed E-state index contributed by atoms with van der Waals surface area (Å²) >= 11 is 0. The summed E-state index contributed by atoms with van der Waals surface area (Å²) in [6, 6.07) is -0.620. The molecule has 0 aliphatic carbocycles. The molecule has 0 aromatic carbocycles. The van der Waals surface area contributed by atoms with Crippen molar-refractivity contribution in [3.8, 4) is 0 Å². The van der Waals surface area contributed by atoms with E-state index in [4.69, 9.17) is 0 Å². The van der Waals surface area contributed by atoms with Crippen molar-refractivity contribution in [3.05, 3.63) is 48.6 Å². The van der Waals surface area contributed by atoms with E-state index < -0.39 is 12.1 Å². The van der Waals surface area contributed by atoms with Gasteiger partial charge in [0.15, 0.2) is 0 Å². The molecule has 0 bridgehead atoms. The summed E-state index contributed by atoms with van der Waals surface area (Å²) in [5.41, 5.74) is 0. The zero-order chi connectivity index (χ0) is 44.9. The highest BCUT2D eigenvalue weighted by atomic mass is 16.3. The smallest absolute Gasteiger partial charge is 0.220 e. The van der Waals surface area contributed by atoms with Crippen LogP contribution in [0.15, 0.2) is 48.6 Å². The van der Waals surface area contributed by atoms with Gasteiger partial charge in [-0.2, -0.15) is 0 Å². The lowest BCUT2D eigenvalue weighted by molar-refractivity contribution is -0.123. The molecule has 0 aliphatic rings. The first kappa shape index (κ1) is 60.4. The first-order valence-electron chi connectivity index (χ1n) is 27.9. The predicted octanol–water partition coefficient (Wildman–Crippen LogP) is 18.3. The Labute approximate surface area is 388 Å². The van der Waals surface area contributed by atoms with Gasteiger partial charge in [0.2, 0.25) is 5.91 Å². The fourth-order valence-electron chi connectivity index (χ4n) is 8.54. The zero-order valence-corrected chi connectivity index (χ0v) is 41.9. The van der Waals surface area contributed by atoms with Gasteiger partial charge in [0.25, 0.3) is 0 Å². The fraction of sp³-hybridized carbons (Fsp3) is 0.845. The van der Waals surface area contributed by atoms with E-state index in [2.05, 4.69) is 55.6 Å². The molecule has 2 atom stereocenters. The van der Waals surface area contributed by atoms with Crippen LogP contribution in [0.25, 0.3) is 0 Å². The minimum Gasteiger partial charge on any atom is -0.394 e. The van der Waals surface area contributed by atoms with Crippen LogP contribution in [0.5, 0.6) is 0 Å². The highest BCUT2D eigenvalue weighted by Crippen LogP contribution is 2.17. The summed E-state index contributed by atoms with van der Waals surface area (Å²) in [6.07, 6.45) is 74.2. The maximum absolute atomic E-state index is 12.4. The molecule has 0 fully saturated rings. The average Bonchev–Trinajstić information content (AvgIpc) is 3.28. The van der Waals surface area contributed by atoms with Gasteiger partial charge in [-0.05, 0) is 57.8 Å². The van der Waals surface area contributed by atoms with E-state index in [9.17, 15) is 15.0 Å². The largest absolute Gasteiger partial charge is 0.394 e. The van der Waals surface area contributed by atoms with Gasteiger partial charge in [0.1, 0.15) is 0 Å². The Morgan fingerprint density at radius 1 is 0.387 bits per heavy atom. The summed E-state index contributed by atoms with van der Waals surface area (Å²) in [5, 5.41) is 23.1. The second-order valence-corrected chi connectivity index (χ2v) is 19.0. The van der Waals surface area contributed by atoms with Crippen molar-refractivity contribution in [2.75, 3.05) is 6.61 Å². The lowest BCUT2D eigenvalue weighted by Crippen LogP contribution is -2.45. The minimum atomic E-state index is -0.837. The quantitative estimate of drug-likeness (QED) is 0.0421. The van der Waals surface area contributed by atoms with E-state index in [1.54, 1.807) is 6.08 Å². The standard InChI is InChI=1S/C58H109NO3/c1-3-5-7-9-11-13-15-17-18-19-20-21-22-23-24-25-26-27-28-29-30-31-32-33-34-35-36-37-38-39-40-42-44-46-48-50-52-54-58(62)59-56(55-60)57(61)53-51-49-47-45-43-41-16-14-12-10-8-6-4-2/h15,17,19-20,22-23,51,53,56-57,60-61H,3-14,16,18,21,24-50,52,54-55H2,1-2H3,(H,59,62)/b17-15-,20-19-,23-22-,53-51+. The van der Waals surface area contributed by atoms with Crippen LogP contribution >= 0.6 is 0 Å². The van der Waals surface area contributed by atoms with Gasteiger partial charge in [-0.3, -0.25) is 4.79 Å². The van der Waals surface area contributed by atoms with E-state index in [1.165, 1.54) is 238 Å². The first-order valence-corrected chi connectivity index (χ1v) is 27.9. The first-order chi connectivity index (χ1) is 30.7. The van der Waals surface area contributed by atoms with Gasteiger partial charge in [-0.25, -0.2) is 0 Å². The number of carbonyl (C=O) groups is 1. The molecule has 0 saturated carbocycles. The molecule has 0 saturated heterocycles. The van der Waals surface area contributed by atoms with Crippen molar-refractivity contribution < 1.29 is 15.0 Å². The Hall–Kier alpha value is -1.65. The summed E-state index contributed by atoms with van der Waals surface area (Å²) < 4.78 is 0. The Balaban J connectivity index is 3.41. The van der Waals surface area contributed by atoms with Crippen molar-refractivity contribution in [1.29, 1.82) is 0 Å². The number of nitrogens with one attached hydrogen (secondary N) is 1. The molecule has 0 radical (unpaired) electrons. The molecule has 0 heterocycles. The molecular weight excluding hydrogens is 759 g/mol. The molecule has 0 aliphatic heterocycles. The number of aliphatic hydroxyl groups is 2. The minimum absolute atomic E-state index is 0.0608. The van der Waals surface area contributed by atoms with E-state index in [0.717, 1.165) is 38.5 Å². The van der Waals surface area contributed by atoms with Crippen molar-refractivity contribution in [2.45, 2.75) is 309 Å². The lowest BCUT2D eigenvalue weighted by Gasteiger charge is -2.20. The molecule has 0 rings (SSSR count). The molecule has 4 nitrogen and oxygen atoms in total. The summed E-state index contributed by atoms with van der Waals surface area (Å²) in [5.74, 6) is -0.0608. The summed E-state index contributed by atoms with van der Waals surface area (Å²) in [7, 11) is 0. The Morgan fingerprint density at radius 2 is 0.661 bits per heavy atom. The molecule has 4 heteroatoms. The van der Waals surface area contributed by atoms with E-state index in [0.29, 0.717) is 6.42 Å². The molecule has 0 spiro atoms. The molecule has 0 aromatic rings. The van der Waals surface area contributed by atoms with E-state index >= 15 is 0 Å². The van der Waals surface area contributed by atoms with Gasteiger partial charge in [0.05, 0.1) is 18.8 Å². The SMILES string of the molecule is CCCCCCC/C=C\C/C=C\C/C=C\CCCCCCCCCCCCCCCCCCCCCCCCC(=O)NC(CO)C(O)/C=C/CCCCCCCCCCCCC. The third-order valence-electron chi connectivity index (χ3n) is 12.8. The number of unbranched alkanes of at least 4 members (excludes halogenated alkanes) is 38. The Bertz CT molecular complexity index is 985. The molecule has 0 aromatic heterocycles. The molecule has 62 heavy (non-hydrogen) atoms. The number of amides is 1. The molecule has 364 valence electrons. The monoisotopic (exact) mass is 868 g/mol. The van der Waals surface area contributed by atoms with Crippen molar-refractivity contribution in [1.82, 2.24) is 5.32 Å². The second-order valence-electron chi connectivity index (χ2n) is 19.0. The van der Waals surface area contributed by atoms with Crippen molar-refractivity contribution >= 4 is 5.91 Å². The fourth-order valence-corrected chi connectivity index (χ4v) is 8.54. The van der Waals surface area contributed by atoms with Crippen LogP contribution in [0.1, 0.15) is 296 Å². The second kappa shape index (κ2) is 53.7. The zero-order valence-electron chi connectivity index (χ0n) is 41.9. The van der Waals surface area contributed by atoms with E-state index in [-0.39, 0.29) is 12.5 Å². The molecule has 2 unspecified atom stereocenters. The maximum Gasteiger partial charge on any atom is 0.220 e. The van der Waals surface area contributed by atoms with Crippen LogP contribution < -0.4 is 5.32 Å². The Kier molecular flexibility index (Phi) is 52.3. The third kappa shape index (κ3) is 49.4. The summed E-state index contributed by atoms with van der Waals surface area (Å²) in [4.78, 5) is 12.4. The number of allylic oxidation sites excluding steroid dienone is 7. The Morgan fingerprint density at radius 3 is 0.984 bits per heavy atom. The highest BCUT2D eigenvalue weighted by molar-refractivity contribution is 5.76. The van der Waals surface area contributed by atoms with Gasteiger partial charge >= 0.3 is 0 Å². The maximum atomic E-state index is 12.4. The van der Waals surface area contributed by atoms with Gasteiger partial charge in [-0.15, -0.1) is 0 Å². The topological polar surface area (TPSA) is 69.6 Å². The van der Waals surface area contributed by atoms with Gasteiger partial charge in [-0.1, -0.05) is 281 Å². The average molecular weight is 869 g/mol. The van der Waals surface area contributed by atoms with Crippen LogP contribution in [0.2, 0.25) is 0 Å². The molecule has 1 amide bonds. The normalized spacial score (nSPS) is 13.2. The number of rotatable bonds is 51. The van der Waals surface area contributed by atoms with Crippen molar-refractivity contribution in [2.24, 2.45) is 0 Å². The number of hydrogen-bond acceptors (Lipinski definition) is 3. The highest BCUT2D eigenvalue weighted by Gasteiger charge is 2.18. The van der Waals surface area contributed by atoms with Crippen LogP contribution in [0, 0.1) is 0 Å². The number of carbonyl (C=O) groups excluding carboxylic acids is 1. The van der Waals surface area contributed by atoms with Crippen molar-refractivity contribution in [3.63, 3.8) is 0 Å².